The number of hydrogen-bond donors (Lipinski definition) is 0. The fourth-order valence-electron chi connectivity index (χ4n) is 0.295. The second-order valence-electron chi connectivity index (χ2n) is 0.923. The SMILES string of the molecule is [C]1=CCSC1. The van der Waals surface area contributed by atoms with Crippen molar-refractivity contribution >= 4 is 11.8 Å². The molecule has 0 aliphatic carbocycles. The average molecular weight is 85.2 g/mol. The lowest BCUT2D eigenvalue weighted by molar-refractivity contribution is 1.70. The topological polar surface area (TPSA) is 0 Å². The predicted octanol–water partition coefficient (Wildman–Crippen LogP) is 1.09. The van der Waals surface area contributed by atoms with E-state index in [4.69, 9.17) is 0 Å². The standard InChI is InChI=1S/C4H5S/c1-2-4-5-3-1/h1H,3-4H2. The van der Waals surface area contributed by atoms with Crippen LogP contribution in [0.1, 0.15) is 0 Å². The fourth-order valence-corrected chi connectivity index (χ4v) is 0.884. The van der Waals surface area contributed by atoms with Crippen LogP contribution in [0.25, 0.3) is 0 Å². The quantitative estimate of drug-likeness (QED) is 0.424. The smallest absolute Gasteiger partial charge is 0.0187 e. The van der Waals surface area contributed by atoms with E-state index >= 15 is 0 Å². The van der Waals surface area contributed by atoms with Crippen molar-refractivity contribution in [3.63, 3.8) is 0 Å². The zero-order chi connectivity index (χ0) is 3.54. The Morgan fingerprint density at radius 1 is 1.80 bits per heavy atom. The van der Waals surface area contributed by atoms with Crippen molar-refractivity contribution in [2.75, 3.05) is 11.5 Å². The van der Waals surface area contributed by atoms with Crippen LogP contribution in [0.4, 0.5) is 0 Å². The zero-order valence-electron chi connectivity index (χ0n) is 2.90. The molecule has 27 valence electrons. The first kappa shape index (κ1) is 3.29. The van der Waals surface area contributed by atoms with Gasteiger partial charge in [-0.3, -0.25) is 0 Å². The van der Waals surface area contributed by atoms with Gasteiger partial charge in [0.2, 0.25) is 0 Å². The second kappa shape index (κ2) is 1.51. The molecule has 0 amide bonds. The second-order valence-corrected chi connectivity index (χ2v) is 1.95. The van der Waals surface area contributed by atoms with Gasteiger partial charge < -0.3 is 0 Å². The summed E-state index contributed by atoms with van der Waals surface area (Å²) < 4.78 is 0. The number of rotatable bonds is 0. The Hall–Kier alpha value is 0.0900. The van der Waals surface area contributed by atoms with E-state index in [1.165, 1.54) is 5.75 Å². The van der Waals surface area contributed by atoms with Crippen molar-refractivity contribution in [2.45, 2.75) is 0 Å². The maximum Gasteiger partial charge on any atom is 0.0187 e. The summed E-state index contributed by atoms with van der Waals surface area (Å²) >= 11 is 1.91. The van der Waals surface area contributed by atoms with Crippen LogP contribution in [-0.4, -0.2) is 11.5 Å². The van der Waals surface area contributed by atoms with Crippen molar-refractivity contribution in [1.29, 1.82) is 0 Å². The molecular weight excluding hydrogens is 80.1 g/mol. The molecule has 1 aliphatic heterocycles. The first-order valence-corrected chi connectivity index (χ1v) is 2.78. The van der Waals surface area contributed by atoms with E-state index in [0.29, 0.717) is 0 Å². The molecule has 1 heterocycles. The summed E-state index contributed by atoms with van der Waals surface area (Å²) in [5.41, 5.74) is 0. The summed E-state index contributed by atoms with van der Waals surface area (Å²) in [5, 5.41) is 0. The third-order valence-corrected chi connectivity index (χ3v) is 1.30. The van der Waals surface area contributed by atoms with Crippen molar-refractivity contribution < 1.29 is 0 Å². The largest absolute Gasteiger partial charge is 0.153 e. The van der Waals surface area contributed by atoms with Crippen molar-refractivity contribution in [3.05, 3.63) is 12.2 Å². The lowest BCUT2D eigenvalue weighted by Crippen LogP contribution is -1.54. The Balaban J connectivity index is 2.32. The van der Waals surface area contributed by atoms with Gasteiger partial charge in [-0.05, 0) is 6.08 Å². The molecule has 0 aromatic rings. The van der Waals surface area contributed by atoms with Gasteiger partial charge in [0.1, 0.15) is 0 Å². The molecule has 0 saturated carbocycles. The first-order valence-electron chi connectivity index (χ1n) is 1.63. The van der Waals surface area contributed by atoms with E-state index in [-0.39, 0.29) is 0 Å². The van der Waals surface area contributed by atoms with E-state index in [9.17, 15) is 0 Å². The molecule has 1 radical (unpaired) electrons. The van der Waals surface area contributed by atoms with Gasteiger partial charge in [0, 0.05) is 11.5 Å². The minimum Gasteiger partial charge on any atom is -0.153 e. The van der Waals surface area contributed by atoms with Crippen molar-refractivity contribution in [1.82, 2.24) is 0 Å². The van der Waals surface area contributed by atoms with Gasteiger partial charge in [0.15, 0.2) is 0 Å². The van der Waals surface area contributed by atoms with E-state index in [0.717, 1.165) is 5.75 Å². The van der Waals surface area contributed by atoms with Crippen LogP contribution in [0.3, 0.4) is 0 Å². The van der Waals surface area contributed by atoms with E-state index < -0.39 is 0 Å². The molecular formula is C4H5S. The molecule has 0 aromatic carbocycles. The van der Waals surface area contributed by atoms with Crippen LogP contribution in [0.5, 0.6) is 0 Å². The minimum absolute atomic E-state index is 1.11. The highest BCUT2D eigenvalue weighted by molar-refractivity contribution is 7.99. The van der Waals surface area contributed by atoms with Crippen molar-refractivity contribution in [3.8, 4) is 0 Å². The normalized spacial score (nSPS) is 20.8. The molecule has 1 aliphatic rings. The Labute approximate surface area is 36.3 Å². The lowest BCUT2D eigenvalue weighted by Gasteiger charge is -1.70. The van der Waals surface area contributed by atoms with Crippen LogP contribution in [0.2, 0.25) is 0 Å². The molecule has 0 N–H and O–H groups in total. The Kier molecular flexibility index (Phi) is 0.991. The number of hydrogen-bond acceptors (Lipinski definition) is 1. The molecule has 0 unspecified atom stereocenters. The van der Waals surface area contributed by atoms with Gasteiger partial charge in [-0.25, -0.2) is 0 Å². The lowest BCUT2D eigenvalue weighted by atomic mass is 10.6. The summed E-state index contributed by atoms with van der Waals surface area (Å²) in [6.45, 7) is 0. The summed E-state index contributed by atoms with van der Waals surface area (Å²) in [5.74, 6) is 2.29. The van der Waals surface area contributed by atoms with Crippen LogP contribution < -0.4 is 0 Å². The van der Waals surface area contributed by atoms with Gasteiger partial charge in [0.25, 0.3) is 0 Å². The minimum atomic E-state index is 1.11. The molecule has 0 fully saturated rings. The van der Waals surface area contributed by atoms with E-state index in [2.05, 4.69) is 12.2 Å². The average Bonchev–Trinajstić information content (AvgIpc) is 1.76. The third-order valence-electron chi connectivity index (χ3n) is 0.531. The maximum absolute atomic E-state index is 3.06. The first-order chi connectivity index (χ1) is 2.50. The highest BCUT2D eigenvalue weighted by atomic mass is 32.2. The molecule has 0 bridgehead atoms. The molecule has 0 saturated heterocycles. The van der Waals surface area contributed by atoms with Gasteiger partial charge in [-0.2, -0.15) is 11.8 Å². The Morgan fingerprint density at radius 3 is 3.00 bits per heavy atom. The molecule has 1 heteroatoms. The van der Waals surface area contributed by atoms with Crippen LogP contribution in [-0.2, 0) is 0 Å². The third kappa shape index (κ3) is 0.690. The van der Waals surface area contributed by atoms with Crippen molar-refractivity contribution in [2.24, 2.45) is 0 Å². The monoisotopic (exact) mass is 85.0 g/mol. The summed E-state index contributed by atoms with van der Waals surface area (Å²) in [7, 11) is 0. The zero-order valence-corrected chi connectivity index (χ0v) is 3.72. The van der Waals surface area contributed by atoms with E-state index in [1.54, 1.807) is 0 Å². The molecule has 5 heavy (non-hydrogen) atoms. The van der Waals surface area contributed by atoms with E-state index in [1.807, 2.05) is 11.8 Å². The highest BCUT2D eigenvalue weighted by Crippen LogP contribution is 2.05. The fraction of sp³-hybridized carbons (Fsp3) is 0.500. The Morgan fingerprint density at radius 2 is 2.80 bits per heavy atom. The summed E-state index contributed by atoms with van der Waals surface area (Å²) in [6, 6.07) is 0. The maximum atomic E-state index is 3.06. The number of thioether (sulfide) groups is 1. The predicted molar refractivity (Wildman–Crippen MR) is 25.1 cm³/mol. The van der Waals surface area contributed by atoms with Gasteiger partial charge in [-0.15, -0.1) is 0 Å². The Bertz CT molecular complexity index is 41.6. The molecule has 0 nitrogen and oxygen atoms in total. The molecule has 0 spiro atoms. The highest BCUT2D eigenvalue weighted by Gasteiger charge is 1.85. The van der Waals surface area contributed by atoms with Gasteiger partial charge in [-0.1, -0.05) is 6.08 Å². The van der Waals surface area contributed by atoms with Crippen LogP contribution >= 0.6 is 11.8 Å². The van der Waals surface area contributed by atoms with Crippen LogP contribution in [0, 0.1) is 6.08 Å². The molecule has 0 atom stereocenters. The summed E-state index contributed by atoms with van der Waals surface area (Å²) in [4.78, 5) is 0. The van der Waals surface area contributed by atoms with Crippen LogP contribution in [0.15, 0.2) is 6.08 Å². The molecule has 1 rings (SSSR count). The van der Waals surface area contributed by atoms with Gasteiger partial charge >= 0.3 is 0 Å². The van der Waals surface area contributed by atoms with Gasteiger partial charge in [0.05, 0.1) is 0 Å². The molecule has 0 aromatic heterocycles. The summed E-state index contributed by atoms with van der Waals surface area (Å²) in [6.07, 6.45) is 5.13.